The number of piperidine rings is 1. The van der Waals surface area contributed by atoms with Crippen LogP contribution in [0.3, 0.4) is 0 Å². The van der Waals surface area contributed by atoms with Crippen molar-refractivity contribution in [3.05, 3.63) is 30.1 Å². The van der Waals surface area contributed by atoms with Crippen LogP contribution in [0.15, 0.2) is 24.3 Å². The molecule has 0 saturated carbocycles. The number of benzene rings is 1. The van der Waals surface area contributed by atoms with Gasteiger partial charge in [0.15, 0.2) is 0 Å². The molecule has 1 N–H and O–H groups in total. The molecule has 1 aromatic rings. The minimum atomic E-state index is -0.230. The fraction of sp³-hybridized carbons (Fsp3) is 0.632. The molecule has 3 saturated heterocycles. The fourth-order valence-corrected chi connectivity index (χ4v) is 4.38. The second kappa shape index (κ2) is 6.92. The minimum Gasteiger partial charge on any atom is -0.461 e. The van der Waals surface area contributed by atoms with E-state index >= 15 is 0 Å². The van der Waals surface area contributed by atoms with Gasteiger partial charge in [0, 0.05) is 44.8 Å². The smallest absolute Gasteiger partial charge is 0.312 e. The zero-order valence-electron chi connectivity index (χ0n) is 14.5. The zero-order chi connectivity index (χ0) is 17.3. The lowest BCUT2D eigenvalue weighted by Crippen LogP contribution is -2.48. The summed E-state index contributed by atoms with van der Waals surface area (Å²) in [7, 11) is 0. The van der Waals surface area contributed by atoms with Gasteiger partial charge >= 0.3 is 5.97 Å². The summed E-state index contributed by atoms with van der Waals surface area (Å²) in [5.41, 5.74) is 0.841. The topological polar surface area (TPSA) is 44.8 Å². The number of hydrogen-bond donors (Lipinski definition) is 1. The normalized spacial score (nSPS) is 26.8. The third-order valence-corrected chi connectivity index (χ3v) is 5.91. The molecule has 5 nitrogen and oxygen atoms in total. The van der Waals surface area contributed by atoms with E-state index < -0.39 is 0 Å². The van der Waals surface area contributed by atoms with E-state index in [9.17, 15) is 9.18 Å². The van der Waals surface area contributed by atoms with Crippen molar-refractivity contribution in [3.8, 4) is 0 Å². The molecule has 1 unspecified atom stereocenters. The summed E-state index contributed by atoms with van der Waals surface area (Å²) < 4.78 is 18.8. The molecule has 0 bridgehead atoms. The summed E-state index contributed by atoms with van der Waals surface area (Å²) >= 11 is 0. The summed E-state index contributed by atoms with van der Waals surface area (Å²) in [6.45, 7) is 6.39. The van der Waals surface area contributed by atoms with E-state index in [4.69, 9.17) is 4.74 Å². The highest BCUT2D eigenvalue weighted by Gasteiger charge is 2.49. The standard InChI is InChI=1S/C19H26FN3O2/c20-15-1-3-16(4-2-15)23-11-9-22(10-12-23)14-17-13-19(18(24)25-17)5-7-21-8-6-19/h1-4,17,21H,5-14H2. The fourth-order valence-electron chi connectivity index (χ4n) is 4.38. The van der Waals surface area contributed by atoms with Crippen LogP contribution in [0.5, 0.6) is 0 Å². The largest absolute Gasteiger partial charge is 0.461 e. The molecule has 1 spiro atoms. The van der Waals surface area contributed by atoms with E-state index in [1.165, 1.54) is 12.1 Å². The lowest BCUT2D eigenvalue weighted by Gasteiger charge is -2.37. The van der Waals surface area contributed by atoms with Crippen molar-refractivity contribution in [1.82, 2.24) is 10.2 Å². The van der Waals surface area contributed by atoms with Crippen molar-refractivity contribution >= 4 is 11.7 Å². The SMILES string of the molecule is O=C1OC(CN2CCN(c3ccc(F)cc3)CC2)CC12CCNCC2. The Morgan fingerprint density at radius 2 is 1.80 bits per heavy atom. The second-order valence-electron chi connectivity index (χ2n) is 7.53. The Kier molecular flexibility index (Phi) is 4.65. The average Bonchev–Trinajstić information content (AvgIpc) is 2.92. The Balaban J connectivity index is 1.29. The van der Waals surface area contributed by atoms with Crippen LogP contribution >= 0.6 is 0 Å². The molecule has 3 fully saturated rings. The number of halogens is 1. The van der Waals surface area contributed by atoms with Crippen molar-refractivity contribution in [3.63, 3.8) is 0 Å². The van der Waals surface area contributed by atoms with Gasteiger partial charge in [-0.05, 0) is 50.2 Å². The molecule has 3 aliphatic heterocycles. The van der Waals surface area contributed by atoms with Crippen LogP contribution in [0, 0.1) is 11.2 Å². The van der Waals surface area contributed by atoms with Gasteiger partial charge in [-0.3, -0.25) is 9.69 Å². The maximum Gasteiger partial charge on any atom is 0.312 e. The highest BCUT2D eigenvalue weighted by Crippen LogP contribution is 2.41. The predicted octanol–water partition coefficient (Wildman–Crippen LogP) is 1.63. The number of nitrogens with one attached hydrogen (secondary N) is 1. The molecule has 25 heavy (non-hydrogen) atoms. The Morgan fingerprint density at radius 1 is 1.12 bits per heavy atom. The van der Waals surface area contributed by atoms with Gasteiger partial charge in [-0.15, -0.1) is 0 Å². The van der Waals surface area contributed by atoms with Crippen LogP contribution in [0.1, 0.15) is 19.3 Å². The van der Waals surface area contributed by atoms with Crippen molar-refractivity contribution in [1.29, 1.82) is 0 Å². The van der Waals surface area contributed by atoms with E-state index in [0.717, 1.165) is 70.8 Å². The van der Waals surface area contributed by atoms with E-state index in [0.29, 0.717) is 0 Å². The van der Waals surface area contributed by atoms with Gasteiger partial charge in [-0.1, -0.05) is 0 Å². The number of piperazine rings is 1. The number of nitrogens with zero attached hydrogens (tertiary/aromatic N) is 2. The lowest BCUT2D eigenvalue weighted by atomic mass is 9.76. The van der Waals surface area contributed by atoms with Crippen LogP contribution in [0.2, 0.25) is 0 Å². The van der Waals surface area contributed by atoms with E-state index in [-0.39, 0.29) is 23.3 Å². The molecule has 0 aliphatic carbocycles. The molecule has 136 valence electrons. The number of anilines is 1. The van der Waals surface area contributed by atoms with E-state index in [1.54, 1.807) is 0 Å². The predicted molar refractivity (Wildman–Crippen MR) is 94.1 cm³/mol. The van der Waals surface area contributed by atoms with Crippen molar-refractivity contribution in [2.75, 3.05) is 50.7 Å². The molecule has 0 aromatic heterocycles. The van der Waals surface area contributed by atoms with Gasteiger partial charge < -0.3 is 15.0 Å². The Morgan fingerprint density at radius 3 is 2.48 bits per heavy atom. The molecule has 1 atom stereocenters. The highest BCUT2D eigenvalue weighted by molar-refractivity contribution is 5.79. The van der Waals surface area contributed by atoms with Crippen molar-refractivity contribution in [2.45, 2.75) is 25.4 Å². The van der Waals surface area contributed by atoms with Crippen LogP contribution in [0.4, 0.5) is 10.1 Å². The van der Waals surface area contributed by atoms with Crippen LogP contribution in [-0.4, -0.2) is 62.8 Å². The van der Waals surface area contributed by atoms with Gasteiger partial charge in [-0.25, -0.2) is 4.39 Å². The Bertz CT molecular complexity index is 608. The zero-order valence-corrected chi connectivity index (χ0v) is 14.5. The van der Waals surface area contributed by atoms with Gasteiger partial charge in [0.25, 0.3) is 0 Å². The van der Waals surface area contributed by atoms with E-state index in [2.05, 4.69) is 15.1 Å². The first-order chi connectivity index (χ1) is 12.1. The van der Waals surface area contributed by atoms with Crippen LogP contribution in [-0.2, 0) is 9.53 Å². The van der Waals surface area contributed by atoms with Crippen molar-refractivity contribution in [2.24, 2.45) is 5.41 Å². The Labute approximate surface area is 148 Å². The van der Waals surface area contributed by atoms with E-state index in [1.807, 2.05) is 12.1 Å². The Hall–Kier alpha value is -1.66. The molecule has 3 heterocycles. The van der Waals surface area contributed by atoms with Crippen molar-refractivity contribution < 1.29 is 13.9 Å². The van der Waals surface area contributed by atoms with Crippen LogP contribution < -0.4 is 10.2 Å². The van der Waals surface area contributed by atoms with Gasteiger partial charge in [0.1, 0.15) is 11.9 Å². The molecule has 0 amide bonds. The molecule has 3 aliphatic rings. The third-order valence-electron chi connectivity index (χ3n) is 5.91. The number of esters is 1. The first-order valence-corrected chi connectivity index (χ1v) is 9.29. The first kappa shape index (κ1) is 16.8. The molecular weight excluding hydrogens is 321 g/mol. The summed E-state index contributed by atoms with van der Waals surface area (Å²) in [6, 6.07) is 6.70. The molecule has 6 heteroatoms. The van der Waals surface area contributed by atoms with Crippen LogP contribution in [0.25, 0.3) is 0 Å². The minimum absolute atomic E-state index is 0.0175. The summed E-state index contributed by atoms with van der Waals surface area (Å²) in [5.74, 6) is -0.179. The second-order valence-corrected chi connectivity index (χ2v) is 7.53. The summed E-state index contributed by atoms with van der Waals surface area (Å²) in [5, 5.41) is 3.33. The summed E-state index contributed by atoms with van der Waals surface area (Å²) in [4.78, 5) is 17.0. The molecular formula is C19H26FN3O2. The monoisotopic (exact) mass is 347 g/mol. The highest BCUT2D eigenvalue weighted by atomic mass is 19.1. The summed E-state index contributed by atoms with van der Waals surface area (Å²) in [6.07, 6.45) is 2.70. The van der Waals surface area contributed by atoms with Gasteiger partial charge in [0.05, 0.1) is 5.41 Å². The number of rotatable bonds is 3. The quantitative estimate of drug-likeness (QED) is 0.842. The third kappa shape index (κ3) is 3.51. The average molecular weight is 347 g/mol. The number of carbonyl (C=O) groups excluding carboxylic acids is 1. The number of ether oxygens (including phenoxy) is 1. The molecule has 1 aromatic carbocycles. The maximum absolute atomic E-state index is 13.1. The van der Waals surface area contributed by atoms with Gasteiger partial charge in [0.2, 0.25) is 0 Å². The lowest BCUT2D eigenvalue weighted by molar-refractivity contribution is -0.150. The number of hydrogen-bond acceptors (Lipinski definition) is 5. The molecule has 4 rings (SSSR count). The molecule has 0 radical (unpaired) electrons. The maximum atomic E-state index is 13.1. The van der Waals surface area contributed by atoms with Gasteiger partial charge in [-0.2, -0.15) is 0 Å². The number of carbonyl (C=O) groups is 1. The first-order valence-electron chi connectivity index (χ1n) is 9.29. The number of cyclic esters (lactones) is 1.